The van der Waals surface area contributed by atoms with E-state index in [2.05, 4.69) is 4.98 Å². The molecule has 8 heteroatoms. The predicted molar refractivity (Wildman–Crippen MR) is 62.9 cm³/mol. The summed E-state index contributed by atoms with van der Waals surface area (Å²) in [4.78, 5) is 15.3. The predicted octanol–water partition coefficient (Wildman–Crippen LogP) is 2.96. The number of hydrogen-bond donors (Lipinski definition) is 1. The highest BCUT2D eigenvalue weighted by Crippen LogP contribution is 2.30. The molecule has 0 fully saturated rings. The van der Waals surface area contributed by atoms with Crippen LogP contribution in [-0.4, -0.2) is 11.0 Å². The number of benzene rings is 1. The molecule has 0 saturated heterocycles. The summed E-state index contributed by atoms with van der Waals surface area (Å²) < 4.78 is 41.8. The lowest BCUT2D eigenvalue weighted by Gasteiger charge is -2.07. The number of carbonyl (C=O) groups is 1. The van der Waals surface area contributed by atoms with Crippen LogP contribution in [0.25, 0.3) is 0 Å². The summed E-state index contributed by atoms with van der Waals surface area (Å²) >= 11 is 1.07. The summed E-state index contributed by atoms with van der Waals surface area (Å²) in [5.74, 6) is -0.816. The molecule has 2 rings (SSSR count). The molecular weight excluding hydrogens is 281 g/mol. The van der Waals surface area contributed by atoms with Crippen LogP contribution in [0.3, 0.4) is 0 Å². The van der Waals surface area contributed by atoms with Gasteiger partial charge in [0.15, 0.2) is 5.69 Å². The van der Waals surface area contributed by atoms with E-state index in [1.807, 2.05) is 0 Å². The van der Waals surface area contributed by atoms with Crippen molar-refractivity contribution < 1.29 is 22.7 Å². The number of alkyl halides is 3. The second kappa shape index (κ2) is 4.88. The van der Waals surface area contributed by atoms with Crippen LogP contribution in [0, 0.1) is 0 Å². The SMILES string of the molecule is Nc1scnc1C(=O)Oc1ccc(C(F)(F)F)cc1. The molecule has 2 N–H and O–H groups in total. The third-order valence-electron chi connectivity index (χ3n) is 2.18. The number of carbonyl (C=O) groups excluding carboxylic acids is 1. The number of anilines is 1. The third-order valence-corrected chi connectivity index (χ3v) is 2.84. The number of nitrogens with zero attached hydrogens (tertiary/aromatic N) is 1. The highest BCUT2D eigenvalue weighted by atomic mass is 32.1. The van der Waals surface area contributed by atoms with Gasteiger partial charge < -0.3 is 10.5 Å². The van der Waals surface area contributed by atoms with Gasteiger partial charge in [-0.1, -0.05) is 0 Å². The van der Waals surface area contributed by atoms with Gasteiger partial charge in [0.1, 0.15) is 10.8 Å². The number of nitrogen functional groups attached to an aromatic ring is 1. The van der Waals surface area contributed by atoms with Gasteiger partial charge in [-0.3, -0.25) is 0 Å². The van der Waals surface area contributed by atoms with Crippen LogP contribution in [0.2, 0.25) is 0 Å². The Morgan fingerprint density at radius 2 is 1.89 bits per heavy atom. The lowest BCUT2D eigenvalue weighted by molar-refractivity contribution is -0.137. The summed E-state index contributed by atoms with van der Waals surface area (Å²) in [5, 5.41) is 0.192. The Morgan fingerprint density at radius 1 is 1.26 bits per heavy atom. The molecule has 1 heterocycles. The standard InChI is InChI=1S/C11H7F3N2O2S/c12-11(13,14)6-1-3-7(4-2-6)18-10(17)8-9(15)19-5-16-8/h1-5H,15H2. The second-order valence-electron chi connectivity index (χ2n) is 3.48. The number of nitrogens with two attached hydrogens (primary N) is 1. The van der Waals surface area contributed by atoms with Crippen molar-refractivity contribution in [2.45, 2.75) is 6.18 Å². The molecule has 0 unspecified atom stereocenters. The van der Waals surface area contributed by atoms with Gasteiger partial charge in [-0.2, -0.15) is 13.2 Å². The Kier molecular flexibility index (Phi) is 3.43. The zero-order valence-electron chi connectivity index (χ0n) is 9.27. The molecule has 1 aromatic heterocycles. The molecule has 0 radical (unpaired) electrons. The first kappa shape index (κ1) is 13.3. The number of aromatic nitrogens is 1. The fourth-order valence-corrected chi connectivity index (χ4v) is 1.80. The Labute approximate surface area is 109 Å². The van der Waals surface area contributed by atoms with Crippen molar-refractivity contribution in [3.05, 3.63) is 41.0 Å². The molecule has 0 saturated carbocycles. The molecule has 0 aliphatic rings. The fourth-order valence-electron chi connectivity index (χ4n) is 1.28. The minimum Gasteiger partial charge on any atom is -0.422 e. The Hall–Kier alpha value is -2.09. The van der Waals surface area contributed by atoms with Crippen LogP contribution in [0.5, 0.6) is 5.75 Å². The molecule has 2 aromatic rings. The van der Waals surface area contributed by atoms with Gasteiger partial charge in [0.2, 0.25) is 0 Å². The Balaban J connectivity index is 2.12. The largest absolute Gasteiger partial charge is 0.422 e. The monoisotopic (exact) mass is 288 g/mol. The summed E-state index contributed by atoms with van der Waals surface area (Å²) in [6, 6.07) is 3.77. The minimum absolute atomic E-state index is 0.00889. The average Bonchev–Trinajstić information content (AvgIpc) is 2.75. The van der Waals surface area contributed by atoms with E-state index in [1.165, 1.54) is 5.51 Å². The van der Waals surface area contributed by atoms with Crippen molar-refractivity contribution in [1.29, 1.82) is 0 Å². The molecule has 19 heavy (non-hydrogen) atoms. The van der Waals surface area contributed by atoms with Crippen LogP contribution in [0.15, 0.2) is 29.8 Å². The highest BCUT2D eigenvalue weighted by molar-refractivity contribution is 7.14. The lowest BCUT2D eigenvalue weighted by atomic mass is 10.2. The number of rotatable bonds is 2. The first-order valence-corrected chi connectivity index (χ1v) is 5.84. The number of ether oxygens (including phenoxy) is 1. The van der Waals surface area contributed by atoms with Crippen molar-refractivity contribution in [1.82, 2.24) is 4.98 Å². The maximum Gasteiger partial charge on any atom is 0.416 e. The summed E-state index contributed by atoms with van der Waals surface area (Å²) in [6.45, 7) is 0. The van der Waals surface area contributed by atoms with Crippen molar-refractivity contribution in [2.24, 2.45) is 0 Å². The van der Waals surface area contributed by atoms with Crippen LogP contribution in [-0.2, 0) is 6.18 Å². The first-order valence-electron chi connectivity index (χ1n) is 4.96. The van der Waals surface area contributed by atoms with Gasteiger partial charge in [-0.05, 0) is 24.3 Å². The van der Waals surface area contributed by atoms with E-state index >= 15 is 0 Å². The molecule has 0 bridgehead atoms. The molecule has 0 aliphatic carbocycles. The van der Waals surface area contributed by atoms with Crippen LogP contribution in [0.1, 0.15) is 16.1 Å². The van der Waals surface area contributed by atoms with Crippen LogP contribution >= 0.6 is 11.3 Å². The van der Waals surface area contributed by atoms with Gasteiger partial charge in [0.05, 0.1) is 11.1 Å². The average molecular weight is 288 g/mol. The van der Waals surface area contributed by atoms with E-state index < -0.39 is 17.7 Å². The highest BCUT2D eigenvalue weighted by Gasteiger charge is 2.30. The normalized spacial score (nSPS) is 11.3. The van der Waals surface area contributed by atoms with E-state index in [1.54, 1.807) is 0 Å². The van der Waals surface area contributed by atoms with E-state index in [0.717, 1.165) is 35.6 Å². The van der Waals surface area contributed by atoms with E-state index in [4.69, 9.17) is 10.5 Å². The van der Waals surface area contributed by atoms with Crippen molar-refractivity contribution in [3.8, 4) is 5.75 Å². The van der Waals surface area contributed by atoms with Gasteiger partial charge in [0, 0.05) is 0 Å². The molecule has 4 nitrogen and oxygen atoms in total. The summed E-state index contributed by atoms with van der Waals surface area (Å²) in [7, 11) is 0. The maximum absolute atomic E-state index is 12.3. The van der Waals surface area contributed by atoms with Gasteiger partial charge in [-0.15, -0.1) is 11.3 Å². The number of hydrogen-bond acceptors (Lipinski definition) is 5. The fraction of sp³-hybridized carbons (Fsp3) is 0.0909. The zero-order chi connectivity index (χ0) is 14.0. The van der Waals surface area contributed by atoms with E-state index in [-0.39, 0.29) is 16.4 Å². The molecule has 0 spiro atoms. The lowest BCUT2D eigenvalue weighted by Crippen LogP contribution is -2.11. The van der Waals surface area contributed by atoms with Crippen LogP contribution in [0.4, 0.5) is 18.2 Å². The molecule has 0 amide bonds. The number of halogens is 3. The van der Waals surface area contributed by atoms with Crippen molar-refractivity contribution in [3.63, 3.8) is 0 Å². The van der Waals surface area contributed by atoms with Gasteiger partial charge in [-0.25, -0.2) is 9.78 Å². The Bertz CT molecular complexity index is 593. The summed E-state index contributed by atoms with van der Waals surface area (Å²) in [5.41, 5.74) is 5.99. The Morgan fingerprint density at radius 3 is 2.37 bits per heavy atom. The van der Waals surface area contributed by atoms with Crippen molar-refractivity contribution >= 4 is 22.3 Å². The minimum atomic E-state index is -4.43. The molecule has 0 aliphatic heterocycles. The zero-order valence-corrected chi connectivity index (χ0v) is 10.1. The molecule has 0 atom stereocenters. The third kappa shape index (κ3) is 3.02. The quantitative estimate of drug-likeness (QED) is 0.681. The number of esters is 1. The summed E-state index contributed by atoms with van der Waals surface area (Å²) in [6.07, 6.45) is -4.43. The van der Waals surface area contributed by atoms with E-state index in [9.17, 15) is 18.0 Å². The molecule has 1 aromatic carbocycles. The van der Waals surface area contributed by atoms with Gasteiger partial charge in [0.25, 0.3) is 0 Å². The molecular formula is C11H7F3N2O2S. The second-order valence-corrected chi connectivity index (χ2v) is 4.36. The number of thiazole rings is 1. The van der Waals surface area contributed by atoms with Gasteiger partial charge >= 0.3 is 12.1 Å². The maximum atomic E-state index is 12.3. The topological polar surface area (TPSA) is 65.2 Å². The van der Waals surface area contributed by atoms with Crippen molar-refractivity contribution in [2.75, 3.05) is 5.73 Å². The smallest absolute Gasteiger partial charge is 0.416 e. The molecule has 100 valence electrons. The van der Waals surface area contributed by atoms with E-state index in [0.29, 0.717) is 0 Å². The first-order chi connectivity index (χ1) is 8.88. The van der Waals surface area contributed by atoms with Crippen LogP contribution < -0.4 is 10.5 Å².